The van der Waals surface area contributed by atoms with E-state index in [1.165, 1.54) is 6.92 Å². The Morgan fingerprint density at radius 2 is 1.57 bits per heavy atom. The molecular weight excluding hydrogens is 190 g/mol. The first kappa shape index (κ1) is 9.97. The average Bonchev–Trinajstić information content (AvgIpc) is 2.07. The van der Waals surface area contributed by atoms with Crippen molar-refractivity contribution in [3.63, 3.8) is 0 Å². The predicted molar refractivity (Wildman–Crippen MR) is 44.1 cm³/mol. The number of pyridine rings is 1. The summed E-state index contributed by atoms with van der Waals surface area (Å²) in [4.78, 5) is 21.1. The summed E-state index contributed by atoms with van der Waals surface area (Å²) in [5.74, 6) is -2.91. The lowest BCUT2D eigenvalue weighted by atomic mass is 10.2. The average molecular weight is 197 g/mol. The molecule has 2 N–H and O–H groups in total. The number of aromatic carboxylic acids is 2. The van der Waals surface area contributed by atoms with Crippen LogP contribution in [-0.2, 0) is 0 Å². The van der Waals surface area contributed by atoms with E-state index in [0.29, 0.717) is 5.56 Å². The molecule has 0 saturated heterocycles. The van der Waals surface area contributed by atoms with Gasteiger partial charge in [0.15, 0.2) is 0 Å². The first-order valence-corrected chi connectivity index (χ1v) is 3.64. The molecule has 6 heteroatoms. The van der Waals surface area contributed by atoms with Gasteiger partial charge in [0, 0.05) is 12.1 Å². The van der Waals surface area contributed by atoms with Crippen molar-refractivity contribution in [3.05, 3.63) is 34.3 Å². The van der Waals surface area contributed by atoms with Gasteiger partial charge in [-0.25, -0.2) is 9.59 Å². The maximum Gasteiger partial charge on any atom is 0.402 e. The van der Waals surface area contributed by atoms with Crippen LogP contribution in [0.4, 0.5) is 0 Å². The maximum atomic E-state index is 11.2. The van der Waals surface area contributed by atoms with Crippen LogP contribution in [0.25, 0.3) is 0 Å². The molecule has 0 spiro atoms. The smallest absolute Gasteiger partial charge is 0.402 e. The second-order valence-electron chi connectivity index (χ2n) is 2.71. The van der Waals surface area contributed by atoms with Crippen LogP contribution in [0.1, 0.15) is 26.5 Å². The van der Waals surface area contributed by atoms with Crippen molar-refractivity contribution < 1.29 is 24.5 Å². The summed E-state index contributed by atoms with van der Waals surface area (Å²) in [6, 6.07) is 2.23. The van der Waals surface area contributed by atoms with Gasteiger partial charge in [-0.3, -0.25) is 0 Å². The van der Waals surface area contributed by atoms with Crippen molar-refractivity contribution in [2.75, 3.05) is 0 Å². The number of hydrogen-bond acceptors (Lipinski definition) is 3. The summed E-state index contributed by atoms with van der Waals surface area (Å²) in [6.45, 7) is 1.51. The molecule has 0 aromatic carbocycles. The Balaban J connectivity index is 3.47. The number of rotatable bonds is 2. The van der Waals surface area contributed by atoms with Gasteiger partial charge in [-0.2, -0.15) is 4.73 Å². The van der Waals surface area contributed by atoms with E-state index < -0.39 is 23.3 Å². The summed E-state index contributed by atoms with van der Waals surface area (Å²) >= 11 is 0. The van der Waals surface area contributed by atoms with E-state index in [0.717, 1.165) is 12.1 Å². The van der Waals surface area contributed by atoms with Crippen molar-refractivity contribution in [2.24, 2.45) is 0 Å². The molecule has 0 unspecified atom stereocenters. The van der Waals surface area contributed by atoms with Crippen LogP contribution in [0.5, 0.6) is 0 Å². The van der Waals surface area contributed by atoms with Gasteiger partial charge in [-0.1, -0.05) is 0 Å². The third-order valence-electron chi connectivity index (χ3n) is 1.60. The van der Waals surface area contributed by atoms with E-state index in [-0.39, 0.29) is 4.73 Å². The number of aryl methyl sites for hydroxylation is 1. The molecule has 0 aliphatic carbocycles. The zero-order valence-electron chi connectivity index (χ0n) is 7.22. The third kappa shape index (κ3) is 1.63. The van der Waals surface area contributed by atoms with Crippen molar-refractivity contribution in [1.29, 1.82) is 0 Å². The Kier molecular flexibility index (Phi) is 2.37. The minimum absolute atomic E-state index is 0.113. The van der Waals surface area contributed by atoms with E-state index in [1.807, 2.05) is 0 Å². The van der Waals surface area contributed by atoms with Crippen molar-refractivity contribution in [2.45, 2.75) is 6.92 Å². The maximum absolute atomic E-state index is 11.2. The standard InChI is InChI=1S/C8H7NO5/c1-4-2-5(7(10)11)9(14)6(3-4)8(12)13/h2-3H,1H3,(H,10,11)(H,12,13). The van der Waals surface area contributed by atoms with Gasteiger partial charge in [0.2, 0.25) is 0 Å². The largest absolute Gasteiger partial charge is 0.617 e. The fourth-order valence-electron chi connectivity index (χ4n) is 1.02. The van der Waals surface area contributed by atoms with Gasteiger partial charge in [-0.05, 0) is 12.5 Å². The van der Waals surface area contributed by atoms with Gasteiger partial charge in [-0.15, -0.1) is 0 Å². The SMILES string of the molecule is Cc1cc(C(=O)O)[n+]([O-])c(C(=O)O)c1. The number of carboxylic acid groups (broad SMARTS) is 2. The zero-order valence-corrected chi connectivity index (χ0v) is 7.22. The van der Waals surface area contributed by atoms with Crippen LogP contribution in [0.15, 0.2) is 12.1 Å². The monoisotopic (exact) mass is 197 g/mol. The van der Waals surface area contributed by atoms with Crippen LogP contribution in [0, 0.1) is 12.1 Å². The van der Waals surface area contributed by atoms with E-state index in [1.54, 1.807) is 0 Å². The van der Waals surface area contributed by atoms with Crippen LogP contribution >= 0.6 is 0 Å². The van der Waals surface area contributed by atoms with Crippen LogP contribution in [0.2, 0.25) is 0 Å². The molecule has 0 fully saturated rings. The molecule has 1 rings (SSSR count). The highest BCUT2D eigenvalue weighted by atomic mass is 16.5. The molecule has 6 nitrogen and oxygen atoms in total. The Morgan fingerprint density at radius 1 is 1.21 bits per heavy atom. The minimum Gasteiger partial charge on any atom is -0.617 e. The van der Waals surface area contributed by atoms with Gasteiger partial charge in [0.1, 0.15) is 0 Å². The first-order valence-electron chi connectivity index (χ1n) is 3.64. The second kappa shape index (κ2) is 3.33. The summed E-state index contributed by atoms with van der Waals surface area (Å²) < 4.78 is -0.113. The van der Waals surface area contributed by atoms with Crippen molar-refractivity contribution in [3.8, 4) is 0 Å². The van der Waals surface area contributed by atoms with E-state index in [2.05, 4.69) is 0 Å². The van der Waals surface area contributed by atoms with Gasteiger partial charge >= 0.3 is 23.3 Å². The lowest BCUT2D eigenvalue weighted by Gasteiger charge is -2.04. The molecule has 1 aromatic heterocycles. The molecule has 74 valence electrons. The van der Waals surface area contributed by atoms with Gasteiger partial charge in [0.25, 0.3) is 0 Å². The molecule has 1 heterocycles. The number of carbonyl (C=O) groups is 2. The molecule has 0 radical (unpaired) electrons. The van der Waals surface area contributed by atoms with Crippen molar-refractivity contribution >= 4 is 11.9 Å². The lowest BCUT2D eigenvalue weighted by Crippen LogP contribution is -2.41. The van der Waals surface area contributed by atoms with E-state index in [9.17, 15) is 14.8 Å². The van der Waals surface area contributed by atoms with Crippen LogP contribution in [-0.4, -0.2) is 22.2 Å². The zero-order chi connectivity index (χ0) is 10.9. The third-order valence-corrected chi connectivity index (χ3v) is 1.60. The molecule has 0 bridgehead atoms. The van der Waals surface area contributed by atoms with E-state index in [4.69, 9.17) is 10.2 Å². The minimum atomic E-state index is -1.45. The fraction of sp³-hybridized carbons (Fsp3) is 0.125. The molecule has 0 aliphatic rings. The molecule has 1 aromatic rings. The van der Waals surface area contributed by atoms with Crippen LogP contribution in [0.3, 0.4) is 0 Å². The molecule has 14 heavy (non-hydrogen) atoms. The quantitative estimate of drug-likeness (QED) is 0.514. The van der Waals surface area contributed by atoms with Crippen LogP contribution < -0.4 is 4.73 Å². The second-order valence-corrected chi connectivity index (χ2v) is 2.71. The highest BCUT2D eigenvalue weighted by Gasteiger charge is 2.23. The normalized spacial score (nSPS) is 9.79. The van der Waals surface area contributed by atoms with Gasteiger partial charge < -0.3 is 15.4 Å². The molecule has 0 atom stereocenters. The lowest BCUT2D eigenvalue weighted by molar-refractivity contribution is -0.611. The van der Waals surface area contributed by atoms with Gasteiger partial charge in [0.05, 0.1) is 0 Å². The number of hydrogen-bond donors (Lipinski definition) is 2. The Bertz CT molecular complexity index is 377. The summed E-state index contributed by atoms with van der Waals surface area (Å²) in [5.41, 5.74) is -0.781. The summed E-state index contributed by atoms with van der Waals surface area (Å²) in [5, 5.41) is 28.3. The van der Waals surface area contributed by atoms with E-state index >= 15 is 0 Å². The summed E-state index contributed by atoms with van der Waals surface area (Å²) in [6.07, 6.45) is 0. The fourth-order valence-corrected chi connectivity index (χ4v) is 1.02. The highest BCUT2D eigenvalue weighted by molar-refractivity contribution is 5.87. The van der Waals surface area contributed by atoms with Crippen molar-refractivity contribution in [1.82, 2.24) is 0 Å². The number of aromatic nitrogens is 1. The Labute approximate surface area is 78.6 Å². The predicted octanol–water partition coefficient (Wildman–Crippen LogP) is 0.0248. The molecular formula is C8H7NO5. The molecule has 0 amide bonds. The number of carboxylic acids is 2. The summed E-state index contributed by atoms with van der Waals surface area (Å²) in [7, 11) is 0. The topological polar surface area (TPSA) is 102 Å². The molecule has 0 saturated carbocycles. The highest BCUT2D eigenvalue weighted by Crippen LogP contribution is 2.03. The first-order chi connectivity index (χ1) is 6.43. The number of nitrogens with zero attached hydrogens (tertiary/aromatic N) is 1. The Hall–Kier alpha value is -2.11. The molecule has 0 aliphatic heterocycles. The Morgan fingerprint density at radius 3 is 1.86 bits per heavy atom.